The Morgan fingerprint density at radius 1 is 1.24 bits per heavy atom. The van der Waals surface area contributed by atoms with Crippen LogP contribution in [0.4, 0.5) is 5.82 Å². The van der Waals surface area contributed by atoms with Crippen molar-refractivity contribution in [2.45, 2.75) is 58.7 Å². The molecule has 2 aromatic heterocycles. The smallest absolute Gasteiger partial charge is 0.246 e. The number of likely N-dealkylation sites (tertiary alicyclic amines) is 1. The Morgan fingerprint density at radius 3 is 2.65 bits per heavy atom. The minimum absolute atomic E-state index is 0.0303. The Kier molecular flexibility index (Phi) is 5.98. The van der Waals surface area contributed by atoms with Crippen LogP contribution < -0.4 is 15.6 Å². The van der Waals surface area contributed by atoms with Crippen molar-refractivity contribution in [1.29, 1.82) is 5.26 Å². The molecule has 5 heterocycles. The zero-order valence-corrected chi connectivity index (χ0v) is 21.5. The Labute approximate surface area is 215 Å². The summed E-state index contributed by atoms with van der Waals surface area (Å²) >= 11 is 0. The lowest BCUT2D eigenvalue weighted by molar-refractivity contribution is -0.145. The molecule has 3 aliphatic rings. The SMILES string of the molecule is CC1NC(=O)C2(CCN(C(=O)CN3Cc4ccnc5nc(C#N)nc(c45)N3CC(C)(C)C)CC2)NC1=O. The number of hydrogen-bond acceptors (Lipinski definition) is 9. The first-order valence-corrected chi connectivity index (χ1v) is 12.5. The first kappa shape index (κ1) is 24.8. The van der Waals surface area contributed by atoms with Gasteiger partial charge in [0.2, 0.25) is 23.5 Å². The maximum atomic E-state index is 13.5. The number of piperazine rings is 1. The van der Waals surface area contributed by atoms with Crippen molar-refractivity contribution in [3.8, 4) is 6.07 Å². The van der Waals surface area contributed by atoms with Crippen molar-refractivity contribution in [3.05, 3.63) is 23.7 Å². The Morgan fingerprint density at radius 2 is 1.97 bits per heavy atom. The number of nitrogens with one attached hydrogen (secondary N) is 2. The van der Waals surface area contributed by atoms with Gasteiger partial charge in [-0.05, 0) is 36.8 Å². The van der Waals surface area contributed by atoms with E-state index in [4.69, 9.17) is 0 Å². The molecule has 1 atom stereocenters. The van der Waals surface area contributed by atoms with Gasteiger partial charge in [-0.2, -0.15) is 15.2 Å². The highest BCUT2D eigenvalue weighted by molar-refractivity contribution is 6.00. The molecule has 194 valence electrons. The molecule has 0 aliphatic carbocycles. The third kappa shape index (κ3) is 4.55. The standard InChI is InChI=1S/C25H31N9O3/c1-15-22(36)31-25(23(37)28-15)6-9-32(10-7-25)18(35)13-33-12-16-5-8-27-20-19(16)21(30-17(11-26)29-20)34(33)14-24(2,3)4/h5,8,15H,6-7,9-10,12-14H2,1-4H3,(H,28,37)(H,31,36). The second kappa shape index (κ2) is 8.92. The van der Waals surface area contributed by atoms with Crippen molar-refractivity contribution in [3.63, 3.8) is 0 Å². The molecular formula is C25H31N9O3. The molecule has 1 spiro atoms. The van der Waals surface area contributed by atoms with Gasteiger partial charge in [0.15, 0.2) is 11.5 Å². The fourth-order valence-corrected chi connectivity index (χ4v) is 5.20. The monoisotopic (exact) mass is 505 g/mol. The first-order valence-electron chi connectivity index (χ1n) is 12.5. The summed E-state index contributed by atoms with van der Waals surface area (Å²) in [5, 5.41) is 19.9. The molecule has 0 aromatic carbocycles. The summed E-state index contributed by atoms with van der Waals surface area (Å²) in [6.07, 6.45) is 2.38. The van der Waals surface area contributed by atoms with Crippen LogP contribution in [-0.2, 0) is 20.9 Å². The zero-order valence-electron chi connectivity index (χ0n) is 21.5. The van der Waals surface area contributed by atoms with Crippen LogP contribution in [0, 0.1) is 16.7 Å². The molecule has 0 radical (unpaired) electrons. The van der Waals surface area contributed by atoms with Gasteiger partial charge in [-0.25, -0.2) is 9.99 Å². The molecule has 5 rings (SSSR count). The number of carbonyl (C=O) groups is 3. The highest BCUT2D eigenvalue weighted by Gasteiger charge is 2.47. The molecule has 2 fully saturated rings. The van der Waals surface area contributed by atoms with Gasteiger partial charge >= 0.3 is 0 Å². The number of aromatic nitrogens is 3. The van der Waals surface area contributed by atoms with E-state index >= 15 is 0 Å². The van der Waals surface area contributed by atoms with Gasteiger partial charge in [-0.15, -0.1) is 0 Å². The number of hydrazine groups is 1. The van der Waals surface area contributed by atoms with E-state index < -0.39 is 11.6 Å². The Hall–Kier alpha value is -3.85. The summed E-state index contributed by atoms with van der Waals surface area (Å²) in [6.45, 7) is 9.83. The lowest BCUT2D eigenvalue weighted by atomic mass is 9.84. The molecule has 0 saturated carbocycles. The van der Waals surface area contributed by atoms with E-state index in [1.54, 1.807) is 18.0 Å². The lowest BCUT2D eigenvalue weighted by Crippen LogP contribution is -2.71. The number of piperidine rings is 1. The topological polar surface area (TPSA) is 147 Å². The fourth-order valence-electron chi connectivity index (χ4n) is 5.20. The molecule has 2 saturated heterocycles. The molecule has 3 aliphatic heterocycles. The number of nitrogens with zero attached hydrogens (tertiary/aromatic N) is 7. The van der Waals surface area contributed by atoms with Crippen LogP contribution in [-0.4, -0.2) is 80.3 Å². The molecular weight excluding hydrogens is 474 g/mol. The zero-order chi connectivity index (χ0) is 26.5. The van der Waals surface area contributed by atoms with Crippen LogP contribution in [0.3, 0.4) is 0 Å². The summed E-state index contributed by atoms with van der Waals surface area (Å²) in [7, 11) is 0. The van der Waals surface area contributed by atoms with Crippen LogP contribution in [0.15, 0.2) is 12.3 Å². The maximum absolute atomic E-state index is 13.5. The minimum atomic E-state index is -0.962. The van der Waals surface area contributed by atoms with Crippen molar-refractivity contribution in [1.82, 2.24) is 35.5 Å². The van der Waals surface area contributed by atoms with E-state index in [0.717, 1.165) is 10.9 Å². The van der Waals surface area contributed by atoms with Gasteiger partial charge in [0.25, 0.3) is 0 Å². The van der Waals surface area contributed by atoms with E-state index in [9.17, 15) is 19.6 Å². The van der Waals surface area contributed by atoms with Crippen LogP contribution in [0.2, 0.25) is 0 Å². The second-order valence-corrected chi connectivity index (χ2v) is 11.2. The van der Waals surface area contributed by atoms with Gasteiger partial charge in [-0.3, -0.25) is 19.4 Å². The van der Waals surface area contributed by atoms with Crippen LogP contribution >= 0.6 is 0 Å². The normalized spacial score (nSPS) is 21.5. The van der Waals surface area contributed by atoms with E-state index in [2.05, 4.69) is 46.4 Å². The van der Waals surface area contributed by atoms with Gasteiger partial charge in [0, 0.05) is 32.4 Å². The van der Waals surface area contributed by atoms with Gasteiger partial charge < -0.3 is 15.5 Å². The molecule has 0 bridgehead atoms. The predicted molar refractivity (Wildman–Crippen MR) is 134 cm³/mol. The quantitative estimate of drug-likeness (QED) is 0.607. The number of anilines is 1. The van der Waals surface area contributed by atoms with Crippen molar-refractivity contribution in [2.24, 2.45) is 5.41 Å². The largest absolute Gasteiger partial charge is 0.343 e. The lowest BCUT2D eigenvalue weighted by Gasteiger charge is -2.46. The summed E-state index contributed by atoms with van der Waals surface area (Å²) in [6, 6.07) is 3.36. The fraction of sp³-hybridized carbons (Fsp3) is 0.560. The summed E-state index contributed by atoms with van der Waals surface area (Å²) < 4.78 is 0. The number of carbonyl (C=O) groups excluding carboxylic acids is 3. The predicted octanol–water partition coefficient (Wildman–Crippen LogP) is 0.475. The highest BCUT2D eigenvalue weighted by Crippen LogP contribution is 2.35. The van der Waals surface area contributed by atoms with E-state index in [1.165, 1.54) is 0 Å². The van der Waals surface area contributed by atoms with E-state index in [1.807, 2.05) is 22.2 Å². The third-order valence-electron chi connectivity index (χ3n) is 7.15. The minimum Gasteiger partial charge on any atom is -0.343 e. The van der Waals surface area contributed by atoms with Crippen LogP contribution in [0.1, 0.15) is 51.9 Å². The van der Waals surface area contributed by atoms with Crippen molar-refractivity contribution >= 4 is 34.6 Å². The van der Waals surface area contributed by atoms with Gasteiger partial charge in [0.1, 0.15) is 17.6 Å². The number of rotatable bonds is 3. The van der Waals surface area contributed by atoms with Crippen molar-refractivity contribution in [2.75, 3.05) is 31.2 Å². The van der Waals surface area contributed by atoms with Gasteiger partial charge in [0.05, 0.1) is 11.9 Å². The van der Waals surface area contributed by atoms with Crippen LogP contribution in [0.5, 0.6) is 0 Å². The second-order valence-electron chi connectivity index (χ2n) is 11.2. The molecule has 12 heteroatoms. The van der Waals surface area contributed by atoms with E-state index in [-0.39, 0.29) is 35.5 Å². The van der Waals surface area contributed by atoms with Crippen LogP contribution in [0.25, 0.3) is 11.0 Å². The maximum Gasteiger partial charge on any atom is 0.246 e. The average molecular weight is 506 g/mol. The third-order valence-corrected chi connectivity index (χ3v) is 7.15. The summed E-state index contributed by atoms with van der Waals surface area (Å²) in [5.74, 6) is 0.138. The molecule has 1 unspecified atom stereocenters. The molecule has 2 N–H and O–H groups in total. The Bertz CT molecular complexity index is 1320. The summed E-state index contributed by atoms with van der Waals surface area (Å²) in [5.41, 5.74) is 0.311. The number of nitriles is 1. The Balaban J connectivity index is 1.37. The first-order chi connectivity index (χ1) is 17.5. The summed E-state index contributed by atoms with van der Waals surface area (Å²) in [4.78, 5) is 53.3. The van der Waals surface area contributed by atoms with Crippen molar-refractivity contribution < 1.29 is 14.4 Å². The average Bonchev–Trinajstić information content (AvgIpc) is 2.84. The number of pyridine rings is 1. The number of hydrogen-bond donors (Lipinski definition) is 2. The molecule has 12 nitrogen and oxygen atoms in total. The van der Waals surface area contributed by atoms with E-state index in [0.29, 0.717) is 50.5 Å². The highest BCUT2D eigenvalue weighted by atomic mass is 16.2. The molecule has 2 aromatic rings. The molecule has 37 heavy (non-hydrogen) atoms. The molecule has 3 amide bonds. The van der Waals surface area contributed by atoms with Gasteiger partial charge in [-0.1, -0.05) is 20.8 Å². The number of amides is 3.